The van der Waals surface area contributed by atoms with Crippen molar-refractivity contribution in [2.75, 3.05) is 25.0 Å². The average Bonchev–Trinajstić information content (AvgIpc) is 2.74. The molecule has 0 radical (unpaired) electrons. The molecule has 0 bridgehead atoms. The number of carbonyl (C=O) groups is 2. The number of nitrogens with zero attached hydrogens (tertiary/aromatic N) is 2. The van der Waals surface area contributed by atoms with Crippen LogP contribution < -0.4 is 5.32 Å². The molecule has 0 aliphatic carbocycles. The second kappa shape index (κ2) is 7.82. The monoisotopic (exact) mass is 363 g/mol. The van der Waals surface area contributed by atoms with E-state index >= 15 is 0 Å². The maximum absolute atomic E-state index is 12.6. The predicted octanol–water partition coefficient (Wildman–Crippen LogP) is 3.90. The highest BCUT2D eigenvalue weighted by atomic mass is 16.2. The minimum atomic E-state index is -0.0976. The Kier molecular flexibility index (Phi) is 5.10. The lowest BCUT2D eigenvalue weighted by Gasteiger charge is -2.29. The third kappa shape index (κ3) is 3.97. The molecule has 5 nitrogen and oxygen atoms in total. The lowest BCUT2D eigenvalue weighted by Crippen LogP contribution is -2.38. The van der Waals surface area contributed by atoms with Gasteiger partial charge in [0.1, 0.15) is 0 Å². The summed E-state index contributed by atoms with van der Waals surface area (Å²) in [5.74, 6) is 0.0835. The van der Waals surface area contributed by atoms with Crippen LogP contribution in [0.1, 0.15) is 40.7 Å². The van der Waals surface area contributed by atoms with Gasteiger partial charge in [0.2, 0.25) is 0 Å². The molecule has 0 atom stereocenters. The van der Waals surface area contributed by atoms with Gasteiger partial charge in [-0.3, -0.25) is 4.79 Å². The molecule has 2 aliphatic heterocycles. The van der Waals surface area contributed by atoms with E-state index in [0.717, 1.165) is 32.4 Å². The zero-order valence-corrected chi connectivity index (χ0v) is 15.5. The van der Waals surface area contributed by atoms with Crippen LogP contribution in [-0.2, 0) is 13.0 Å². The van der Waals surface area contributed by atoms with Gasteiger partial charge >= 0.3 is 6.03 Å². The van der Waals surface area contributed by atoms with Crippen LogP contribution in [0.5, 0.6) is 0 Å². The van der Waals surface area contributed by atoms with Crippen LogP contribution in [0.2, 0.25) is 0 Å². The van der Waals surface area contributed by atoms with E-state index in [1.165, 1.54) is 17.5 Å². The number of nitrogens with one attached hydrogen (secondary N) is 1. The first-order valence-electron chi connectivity index (χ1n) is 9.73. The van der Waals surface area contributed by atoms with Gasteiger partial charge in [0.25, 0.3) is 5.91 Å². The van der Waals surface area contributed by atoms with E-state index in [2.05, 4.69) is 17.4 Å². The highest BCUT2D eigenvalue weighted by Crippen LogP contribution is 2.20. The Labute approximate surface area is 160 Å². The van der Waals surface area contributed by atoms with E-state index in [4.69, 9.17) is 0 Å². The molecule has 2 aliphatic rings. The fraction of sp³-hybridized carbons (Fsp3) is 0.364. The molecule has 1 saturated heterocycles. The summed E-state index contributed by atoms with van der Waals surface area (Å²) in [6.07, 6.45) is 4.25. The zero-order valence-electron chi connectivity index (χ0n) is 15.5. The van der Waals surface area contributed by atoms with Crippen LogP contribution in [-0.4, -0.2) is 41.4 Å². The fourth-order valence-electron chi connectivity index (χ4n) is 3.85. The van der Waals surface area contributed by atoms with Crippen LogP contribution in [0.25, 0.3) is 0 Å². The van der Waals surface area contributed by atoms with E-state index in [-0.39, 0.29) is 11.9 Å². The zero-order chi connectivity index (χ0) is 18.6. The van der Waals surface area contributed by atoms with Gasteiger partial charge in [0.05, 0.1) is 0 Å². The molecule has 1 fully saturated rings. The van der Waals surface area contributed by atoms with Crippen LogP contribution in [0, 0.1) is 0 Å². The third-order valence-corrected chi connectivity index (χ3v) is 5.44. The van der Waals surface area contributed by atoms with Gasteiger partial charge in [-0.1, -0.05) is 24.3 Å². The van der Waals surface area contributed by atoms with Gasteiger partial charge in [-0.25, -0.2) is 4.79 Å². The number of benzene rings is 2. The highest BCUT2D eigenvalue weighted by molar-refractivity contribution is 5.95. The van der Waals surface area contributed by atoms with E-state index < -0.39 is 0 Å². The smallest absolute Gasteiger partial charge is 0.322 e. The summed E-state index contributed by atoms with van der Waals surface area (Å²) in [6.45, 7) is 3.03. The van der Waals surface area contributed by atoms with Crippen LogP contribution in [0.3, 0.4) is 0 Å². The number of rotatable bonds is 2. The number of urea groups is 1. The van der Waals surface area contributed by atoms with Gasteiger partial charge in [-0.2, -0.15) is 0 Å². The van der Waals surface area contributed by atoms with Crippen molar-refractivity contribution in [1.82, 2.24) is 9.80 Å². The van der Waals surface area contributed by atoms with Crippen molar-refractivity contribution in [2.24, 2.45) is 0 Å². The number of hydrogen-bond acceptors (Lipinski definition) is 2. The maximum atomic E-state index is 12.6. The topological polar surface area (TPSA) is 52.7 Å². The van der Waals surface area contributed by atoms with Crippen LogP contribution in [0.4, 0.5) is 10.5 Å². The number of carbonyl (C=O) groups excluding carboxylic acids is 2. The molecular formula is C22H25N3O2. The molecule has 3 amide bonds. The van der Waals surface area contributed by atoms with E-state index in [1.807, 2.05) is 34.1 Å². The molecule has 2 aromatic rings. The molecule has 0 saturated carbocycles. The van der Waals surface area contributed by atoms with Gasteiger partial charge in [0, 0.05) is 37.4 Å². The second-order valence-electron chi connectivity index (χ2n) is 7.30. The summed E-state index contributed by atoms with van der Waals surface area (Å²) < 4.78 is 0. The van der Waals surface area contributed by atoms with Crippen molar-refractivity contribution in [3.8, 4) is 0 Å². The van der Waals surface area contributed by atoms with Crippen molar-refractivity contribution < 1.29 is 9.59 Å². The van der Waals surface area contributed by atoms with Crippen molar-refractivity contribution in [3.63, 3.8) is 0 Å². The van der Waals surface area contributed by atoms with Crippen LogP contribution in [0.15, 0.2) is 48.5 Å². The molecule has 4 rings (SSSR count). The van der Waals surface area contributed by atoms with Gasteiger partial charge in [-0.05, 0) is 61.1 Å². The van der Waals surface area contributed by atoms with Gasteiger partial charge in [-0.15, -0.1) is 0 Å². The first-order chi connectivity index (χ1) is 13.2. The summed E-state index contributed by atoms with van der Waals surface area (Å²) in [5, 5.41) is 2.95. The Balaban J connectivity index is 1.37. The SMILES string of the molecule is O=C(Nc1ccc(C(=O)N2CCCCC2)cc1)N1CCc2ccccc2C1. The number of likely N-dealkylation sites (tertiary alicyclic amines) is 1. The van der Waals surface area contributed by atoms with Crippen molar-refractivity contribution in [2.45, 2.75) is 32.2 Å². The number of fused-ring (bicyclic) bond motifs is 1. The Morgan fingerprint density at radius 1 is 0.778 bits per heavy atom. The highest BCUT2D eigenvalue weighted by Gasteiger charge is 2.21. The first kappa shape index (κ1) is 17.6. The van der Waals surface area contributed by atoms with E-state index in [1.54, 1.807) is 12.1 Å². The van der Waals surface area contributed by atoms with E-state index in [9.17, 15) is 9.59 Å². The Morgan fingerprint density at radius 2 is 1.48 bits per heavy atom. The summed E-state index contributed by atoms with van der Waals surface area (Å²) in [7, 11) is 0. The molecule has 0 spiro atoms. The molecular weight excluding hydrogens is 338 g/mol. The average molecular weight is 363 g/mol. The van der Waals surface area contributed by atoms with Crippen molar-refractivity contribution in [3.05, 3.63) is 65.2 Å². The lowest BCUT2D eigenvalue weighted by atomic mass is 10.0. The quantitative estimate of drug-likeness (QED) is 0.880. The Bertz CT molecular complexity index is 826. The van der Waals surface area contributed by atoms with E-state index in [0.29, 0.717) is 24.3 Å². The molecule has 27 heavy (non-hydrogen) atoms. The molecule has 0 unspecified atom stereocenters. The minimum Gasteiger partial charge on any atom is -0.339 e. The number of amides is 3. The molecule has 2 aromatic carbocycles. The predicted molar refractivity (Wildman–Crippen MR) is 106 cm³/mol. The summed E-state index contributed by atoms with van der Waals surface area (Å²) in [5.41, 5.74) is 3.93. The summed E-state index contributed by atoms with van der Waals surface area (Å²) in [4.78, 5) is 28.9. The number of hydrogen-bond donors (Lipinski definition) is 1. The largest absolute Gasteiger partial charge is 0.339 e. The standard InChI is InChI=1S/C22H25N3O2/c26-21(24-13-4-1-5-14-24)18-8-10-20(11-9-18)23-22(27)25-15-12-17-6-2-3-7-19(17)16-25/h2-3,6-11H,1,4-5,12-16H2,(H,23,27). The van der Waals surface area contributed by atoms with Crippen LogP contribution >= 0.6 is 0 Å². The van der Waals surface area contributed by atoms with Crippen molar-refractivity contribution in [1.29, 1.82) is 0 Å². The normalized spacial score (nSPS) is 16.6. The fourth-order valence-corrected chi connectivity index (χ4v) is 3.85. The summed E-state index contributed by atoms with van der Waals surface area (Å²) in [6, 6.07) is 15.4. The summed E-state index contributed by atoms with van der Waals surface area (Å²) >= 11 is 0. The van der Waals surface area contributed by atoms with Crippen molar-refractivity contribution >= 4 is 17.6 Å². The molecule has 140 valence electrons. The maximum Gasteiger partial charge on any atom is 0.322 e. The lowest BCUT2D eigenvalue weighted by molar-refractivity contribution is 0.0724. The minimum absolute atomic E-state index is 0.0835. The Hall–Kier alpha value is -2.82. The third-order valence-electron chi connectivity index (χ3n) is 5.44. The molecule has 2 heterocycles. The number of anilines is 1. The molecule has 1 N–H and O–H groups in total. The molecule has 0 aromatic heterocycles. The molecule has 5 heteroatoms. The first-order valence-corrected chi connectivity index (χ1v) is 9.73. The van der Waals surface area contributed by atoms with Gasteiger partial charge in [0.15, 0.2) is 0 Å². The van der Waals surface area contributed by atoms with Gasteiger partial charge < -0.3 is 15.1 Å². The second-order valence-corrected chi connectivity index (χ2v) is 7.30. The number of piperidine rings is 1. The Morgan fingerprint density at radius 3 is 2.22 bits per heavy atom.